The summed E-state index contributed by atoms with van der Waals surface area (Å²) in [5.41, 5.74) is 1.57. The van der Waals surface area contributed by atoms with Crippen LogP contribution in [-0.4, -0.2) is 27.3 Å². The van der Waals surface area contributed by atoms with E-state index in [1.165, 1.54) is 0 Å². The molecule has 0 bridgehead atoms. The molecule has 18 heavy (non-hydrogen) atoms. The first-order chi connectivity index (χ1) is 8.72. The summed E-state index contributed by atoms with van der Waals surface area (Å²) >= 11 is 0. The molecule has 0 unspecified atom stereocenters. The van der Waals surface area contributed by atoms with E-state index in [2.05, 4.69) is 17.3 Å². The second kappa shape index (κ2) is 5.82. The topological polar surface area (TPSA) is 51.3 Å². The molecule has 1 N–H and O–H groups in total. The molecule has 5 nitrogen and oxygen atoms in total. The van der Waals surface area contributed by atoms with E-state index in [0.29, 0.717) is 5.52 Å². The lowest BCUT2D eigenvalue weighted by molar-refractivity contribution is 0.565. The molecular formula is C13H20N4O. The first-order valence-corrected chi connectivity index (χ1v) is 6.48. The van der Waals surface area contributed by atoms with Crippen molar-refractivity contribution in [2.24, 2.45) is 0 Å². The van der Waals surface area contributed by atoms with E-state index in [4.69, 9.17) is 0 Å². The molecule has 2 aromatic rings. The number of fused-ring (bicyclic) bond motifs is 1. The van der Waals surface area contributed by atoms with E-state index in [0.717, 1.165) is 38.2 Å². The Labute approximate surface area is 106 Å². The highest BCUT2D eigenvalue weighted by Crippen LogP contribution is 2.00. The van der Waals surface area contributed by atoms with Gasteiger partial charge in [-0.1, -0.05) is 6.92 Å². The monoisotopic (exact) mass is 248 g/mol. The van der Waals surface area contributed by atoms with Gasteiger partial charge in [-0.15, -0.1) is 0 Å². The third-order valence-corrected chi connectivity index (χ3v) is 2.98. The zero-order chi connectivity index (χ0) is 13.0. The maximum absolute atomic E-state index is 12.1. The number of rotatable bonds is 6. The Morgan fingerprint density at radius 1 is 1.33 bits per heavy atom. The number of hydrogen-bond donors (Lipinski definition) is 1. The highest BCUT2D eigenvalue weighted by molar-refractivity contribution is 5.44. The predicted octanol–water partition coefficient (Wildman–Crippen LogP) is 1.19. The van der Waals surface area contributed by atoms with Gasteiger partial charge in [-0.05, 0) is 38.9 Å². The third-order valence-electron chi connectivity index (χ3n) is 2.98. The molecule has 0 saturated heterocycles. The number of nitrogens with zero attached hydrogens (tertiary/aromatic N) is 3. The first-order valence-electron chi connectivity index (χ1n) is 6.48. The summed E-state index contributed by atoms with van der Waals surface area (Å²) in [6.07, 6.45) is 5.75. The minimum Gasteiger partial charge on any atom is -0.317 e. The number of aryl methyl sites for hydroxylation is 2. The molecule has 0 aromatic carbocycles. The molecule has 0 aliphatic heterocycles. The minimum absolute atomic E-state index is 0.0431. The quantitative estimate of drug-likeness (QED) is 0.781. The second-order valence-electron chi connectivity index (χ2n) is 4.47. The molecular weight excluding hydrogens is 228 g/mol. The van der Waals surface area contributed by atoms with Crippen LogP contribution in [0.5, 0.6) is 0 Å². The van der Waals surface area contributed by atoms with Crippen LogP contribution in [0.2, 0.25) is 0 Å². The number of nitrogens with one attached hydrogen (secondary N) is 1. The average molecular weight is 248 g/mol. The Balaban J connectivity index is 2.05. The van der Waals surface area contributed by atoms with Crippen molar-refractivity contribution in [3.8, 4) is 0 Å². The fraction of sp³-hybridized carbons (Fsp3) is 0.538. The molecule has 0 aliphatic rings. The van der Waals surface area contributed by atoms with Gasteiger partial charge in [0.25, 0.3) is 5.56 Å². The SMILES string of the molecule is CCNCCCCn1ccn2nc(C)cc2c1=O. The van der Waals surface area contributed by atoms with Crippen LogP contribution in [-0.2, 0) is 6.54 Å². The molecule has 0 atom stereocenters. The maximum atomic E-state index is 12.1. The average Bonchev–Trinajstić information content (AvgIpc) is 2.73. The summed E-state index contributed by atoms with van der Waals surface area (Å²) in [5.74, 6) is 0. The molecule has 2 rings (SSSR count). The Bertz CT molecular complexity index is 570. The van der Waals surface area contributed by atoms with Crippen LogP contribution in [0.15, 0.2) is 23.3 Å². The highest BCUT2D eigenvalue weighted by Gasteiger charge is 2.04. The lowest BCUT2D eigenvalue weighted by Crippen LogP contribution is -2.22. The number of aromatic nitrogens is 3. The van der Waals surface area contributed by atoms with Gasteiger partial charge in [-0.25, -0.2) is 4.52 Å². The van der Waals surface area contributed by atoms with Crippen LogP contribution in [0, 0.1) is 6.92 Å². The summed E-state index contributed by atoms with van der Waals surface area (Å²) in [5, 5.41) is 7.51. The van der Waals surface area contributed by atoms with Crippen molar-refractivity contribution in [3.63, 3.8) is 0 Å². The zero-order valence-corrected chi connectivity index (χ0v) is 11.0. The van der Waals surface area contributed by atoms with Crippen LogP contribution in [0.25, 0.3) is 5.52 Å². The van der Waals surface area contributed by atoms with E-state index < -0.39 is 0 Å². The highest BCUT2D eigenvalue weighted by atomic mass is 16.1. The van der Waals surface area contributed by atoms with E-state index in [1.807, 2.05) is 25.4 Å². The standard InChI is InChI=1S/C13H20N4O/c1-3-14-6-4-5-7-16-8-9-17-12(13(16)18)10-11(2)15-17/h8-10,14H,3-7H2,1-2H3. The van der Waals surface area contributed by atoms with Gasteiger partial charge in [0.05, 0.1) is 5.69 Å². The van der Waals surface area contributed by atoms with Gasteiger partial charge in [0.2, 0.25) is 0 Å². The number of hydrogen-bond acceptors (Lipinski definition) is 3. The maximum Gasteiger partial charge on any atom is 0.276 e. The minimum atomic E-state index is 0.0431. The van der Waals surface area contributed by atoms with E-state index in [-0.39, 0.29) is 5.56 Å². The van der Waals surface area contributed by atoms with Crippen LogP contribution >= 0.6 is 0 Å². The summed E-state index contributed by atoms with van der Waals surface area (Å²) < 4.78 is 3.41. The van der Waals surface area contributed by atoms with Crippen molar-refractivity contribution in [1.29, 1.82) is 0 Å². The normalized spacial score (nSPS) is 11.2. The zero-order valence-electron chi connectivity index (χ0n) is 11.0. The fourth-order valence-corrected chi connectivity index (χ4v) is 2.03. The summed E-state index contributed by atoms with van der Waals surface area (Å²) in [6.45, 7) is 6.78. The van der Waals surface area contributed by atoms with E-state index in [9.17, 15) is 4.79 Å². The third kappa shape index (κ3) is 2.79. The molecule has 0 aliphatic carbocycles. The fourth-order valence-electron chi connectivity index (χ4n) is 2.03. The molecule has 0 amide bonds. The Morgan fingerprint density at radius 2 is 2.17 bits per heavy atom. The smallest absolute Gasteiger partial charge is 0.276 e. The Kier molecular flexibility index (Phi) is 4.15. The van der Waals surface area contributed by atoms with Crippen LogP contribution in [0.1, 0.15) is 25.5 Å². The molecule has 0 radical (unpaired) electrons. The lowest BCUT2D eigenvalue weighted by atomic mass is 10.3. The molecule has 0 saturated carbocycles. The van der Waals surface area contributed by atoms with E-state index in [1.54, 1.807) is 9.08 Å². The van der Waals surface area contributed by atoms with Crippen molar-refractivity contribution >= 4 is 5.52 Å². The van der Waals surface area contributed by atoms with Gasteiger partial charge >= 0.3 is 0 Å². The summed E-state index contributed by atoms with van der Waals surface area (Å²) in [6, 6.07) is 1.83. The van der Waals surface area contributed by atoms with Crippen LogP contribution in [0.4, 0.5) is 0 Å². The molecule has 5 heteroatoms. The van der Waals surface area contributed by atoms with Gasteiger partial charge in [-0.3, -0.25) is 4.79 Å². The van der Waals surface area contributed by atoms with Gasteiger partial charge < -0.3 is 9.88 Å². The van der Waals surface area contributed by atoms with Gasteiger partial charge in [0.1, 0.15) is 5.52 Å². The van der Waals surface area contributed by atoms with Crippen LogP contribution < -0.4 is 10.9 Å². The predicted molar refractivity (Wildman–Crippen MR) is 72.0 cm³/mol. The largest absolute Gasteiger partial charge is 0.317 e. The molecule has 2 aromatic heterocycles. The second-order valence-corrected chi connectivity index (χ2v) is 4.47. The van der Waals surface area contributed by atoms with Crippen molar-refractivity contribution in [3.05, 3.63) is 34.5 Å². The van der Waals surface area contributed by atoms with Gasteiger partial charge in [0, 0.05) is 18.9 Å². The Morgan fingerprint density at radius 3 is 2.94 bits per heavy atom. The van der Waals surface area contributed by atoms with Crippen molar-refractivity contribution in [1.82, 2.24) is 19.5 Å². The molecule has 98 valence electrons. The van der Waals surface area contributed by atoms with E-state index >= 15 is 0 Å². The lowest BCUT2D eigenvalue weighted by Gasteiger charge is -2.06. The molecule has 2 heterocycles. The van der Waals surface area contributed by atoms with Crippen molar-refractivity contribution in [2.75, 3.05) is 13.1 Å². The molecule has 0 fully saturated rings. The number of unbranched alkanes of at least 4 members (excludes halogenated alkanes) is 1. The molecule has 0 spiro atoms. The van der Waals surface area contributed by atoms with Gasteiger partial charge in [-0.2, -0.15) is 5.10 Å². The Hall–Kier alpha value is -1.62. The van der Waals surface area contributed by atoms with Crippen LogP contribution in [0.3, 0.4) is 0 Å². The van der Waals surface area contributed by atoms with Crippen molar-refractivity contribution < 1.29 is 0 Å². The summed E-state index contributed by atoms with van der Waals surface area (Å²) in [4.78, 5) is 12.1. The first kappa shape index (κ1) is 12.8. The van der Waals surface area contributed by atoms with Crippen molar-refractivity contribution in [2.45, 2.75) is 33.2 Å². The van der Waals surface area contributed by atoms with Gasteiger partial charge in [0.15, 0.2) is 0 Å². The summed E-state index contributed by atoms with van der Waals surface area (Å²) in [7, 11) is 0.